The Labute approximate surface area is 108 Å². The molecule has 1 saturated heterocycles. The molecule has 2 heterocycles. The molecule has 4 heteroatoms. The van der Waals surface area contributed by atoms with Crippen LogP contribution < -0.4 is 5.32 Å². The fraction of sp³-hybridized carbons (Fsp3) is 0.500. The molecule has 1 aliphatic rings. The molecule has 0 aliphatic carbocycles. The first kappa shape index (κ1) is 11.7. The minimum Gasteiger partial charge on any atom is -0.330 e. The summed E-state index contributed by atoms with van der Waals surface area (Å²) in [6.07, 6.45) is 0. The van der Waals surface area contributed by atoms with E-state index in [9.17, 15) is 0 Å². The summed E-state index contributed by atoms with van der Waals surface area (Å²) in [5.41, 5.74) is 2.31. The number of rotatable bonds is 2. The Balaban J connectivity index is 1.88. The monoisotopic (exact) mass is 244 g/mol. The normalized spacial score (nSPS) is 21.6. The molecule has 1 aromatic carbocycles. The predicted octanol–water partition coefficient (Wildman–Crippen LogP) is 1.37. The zero-order chi connectivity index (χ0) is 12.5. The van der Waals surface area contributed by atoms with Crippen molar-refractivity contribution < 1.29 is 0 Å². The van der Waals surface area contributed by atoms with Gasteiger partial charge in [0.1, 0.15) is 5.82 Å². The maximum absolute atomic E-state index is 4.74. The van der Waals surface area contributed by atoms with E-state index in [0.717, 1.165) is 37.5 Å². The van der Waals surface area contributed by atoms with Gasteiger partial charge in [0, 0.05) is 32.7 Å². The van der Waals surface area contributed by atoms with Crippen LogP contribution in [0.4, 0.5) is 0 Å². The molecule has 0 spiro atoms. The van der Waals surface area contributed by atoms with Crippen molar-refractivity contribution in [2.75, 3.05) is 19.6 Å². The number of benzene rings is 1. The summed E-state index contributed by atoms with van der Waals surface area (Å²) in [5, 5.41) is 3.42. The van der Waals surface area contributed by atoms with Crippen LogP contribution in [0.5, 0.6) is 0 Å². The van der Waals surface area contributed by atoms with Gasteiger partial charge in [0.2, 0.25) is 0 Å². The van der Waals surface area contributed by atoms with E-state index in [1.54, 1.807) is 0 Å². The highest BCUT2D eigenvalue weighted by Crippen LogP contribution is 2.16. The van der Waals surface area contributed by atoms with Gasteiger partial charge < -0.3 is 9.88 Å². The SMILES string of the molecule is C[C@@H]1CNCCN1Cc1nc2ccccc2n1C. The molecule has 1 aromatic heterocycles. The zero-order valence-corrected chi connectivity index (χ0v) is 11.1. The highest BCUT2D eigenvalue weighted by atomic mass is 15.2. The van der Waals surface area contributed by atoms with Crippen molar-refractivity contribution in [3.63, 3.8) is 0 Å². The Hall–Kier alpha value is -1.39. The van der Waals surface area contributed by atoms with E-state index in [2.05, 4.69) is 47.0 Å². The number of aromatic nitrogens is 2. The molecule has 3 rings (SSSR count). The van der Waals surface area contributed by atoms with E-state index in [1.165, 1.54) is 5.52 Å². The molecule has 0 amide bonds. The van der Waals surface area contributed by atoms with Crippen LogP contribution in [0, 0.1) is 0 Å². The lowest BCUT2D eigenvalue weighted by molar-refractivity contribution is 0.160. The van der Waals surface area contributed by atoms with E-state index < -0.39 is 0 Å². The van der Waals surface area contributed by atoms with Crippen molar-refractivity contribution in [3.05, 3.63) is 30.1 Å². The van der Waals surface area contributed by atoms with Crippen LogP contribution in [0.2, 0.25) is 0 Å². The second-order valence-electron chi connectivity index (χ2n) is 5.10. The summed E-state index contributed by atoms with van der Waals surface area (Å²) in [6.45, 7) is 6.46. The van der Waals surface area contributed by atoms with Crippen LogP contribution in [0.15, 0.2) is 24.3 Å². The van der Waals surface area contributed by atoms with E-state index in [0.29, 0.717) is 6.04 Å². The second kappa shape index (κ2) is 4.71. The van der Waals surface area contributed by atoms with Gasteiger partial charge in [-0.25, -0.2) is 4.98 Å². The third-order valence-electron chi connectivity index (χ3n) is 3.86. The van der Waals surface area contributed by atoms with E-state index >= 15 is 0 Å². The van der Waals surface area contributed by atoms with Crippen molar-refractivity contribution in [1.82, 2.24) is 19.8 Å². The van der Waals surface area contributed by atoms with Gasteiger partial charge in [0.15, 0.2) is 0 Å². The maximum atomic E-state index is 4.74. The summed E-state index contributed by atoms with van der Waals surface area (Å²) in [5.74, 6) is 1.16. The molecule has 1 aliphatic heterocycles. The summed E-state index contributed by atoms with van der Waals surface area (Å²) >= 11 is 0. The van der Waals surface area contributed by atoms with Crippen LogP contribution >= 0.6 is 0 Å². The van der Waals surface area contributed by atoms with Gasteiger partial charge in [-0.15, -0.1) is 0 Å². The molecule has 0 unspecified atom stereocenters. The van der Waals surface area contributed by atoms with Gasteiger partial charge in [0.05, 0.1) is 17.6 Å². The van der Waals surface area contributed by atoms with E-state index in [4.69, 9.17) is 4.98 Å². The second-order valence-corrected chi connectivity index (χ2v) is 5.10. The number of nitrogens with zero attached hydrogens (tertiary/aromatic N) is 3. The van der Waals surface area contributed by atoms with Gasteiger partial charge in [-0.3, -0.25) is 4.90 Å². The molecular formula is C14H20N4. The molecule has 18 heavy (non-hydrogen) atoms. The summed E-state index contributed by atoms with van der Waals surface area (Å²) < 4.78 is 2.21. The molecule has 96 valence electrons. The van der Waals surface area contributed by atoms with Crippen molar-refractivity contribution in [2.45, 2.75) is 19.5 Å². The first-order valence-corrected chi connectivity index (χ1v) is 6.61. The van der Waals surface area contributed by atoms with Gasteiger partial charge >= 0.3 is 0 Å². The number of hydrogen-bond acceptors (Lipinski definition) is 3. The number of fused-ring (bicyclic) bond motifs is 1. The predicted molar refractivity (Wildman–Crippen MR) is 73.5 cm³/mol. The molecule has 0 saturated carbocycles. The molecule has 1 atom stereocenters. The standard InChI is InChI=1S/C14H20N4/c1-11-9-15-7-8-18(11)10-14-16-12-5-3-4-6-13(12)17(14)2/h3-6,11,15H,7-10H2,1-2H3/t11-/m1/s1. The summed E-state index contributed by atoms with van der Waals surface area (Å²) in [6, 6.07) is 8.92. The molecule has 4 nitrogen and oxygen atoms in total. The largest absolute Gasteiger partial charge is 0.330 e. The molecule has 2 aromatic rings. The minimum atomic E-state index is 0.582. The fourth-order valence-corrected chi connectivity index (χ4v) is 2.64. The van der Waals surface area contributed by atoms with Crippen LogP contribution in [0.3, 0.4) is 0 Å². The Morgan fingerprint density at radius 3 is 3.00 bits per heavy atom. The lowest BCUT2D eigenvalue weighted by Gasteiger charge is -2.33. The Bertz CT molecular complexity index is 546. The van der Waals surface area contributed by atoms with Gasteiger partial charge in [-0.05, 0) is 19.1 Å². The van der Waals surface area contributed by atoms with Crippen molar-refractivity contribution >= 4 is 11.0 Å². The minimum absolute atomic E-state index is 0.582. The molecular weight excluding hydrogens is 224 g/mol. The van der Waals surface area contributed by atoms with Crippen molar-refractivity contribution in [2.24, 2.45) is 7.05 Å². The van der Waals surface area contributed by atoms with Crippen molar-refractivity contribution in [1.29, 1.82) is 0 Å². The Kier molecular flexibility index (Phi) is 3.06. The molecule has 1 N–H and O–H groups in total. The van der Waals surface area contributed by atoms with Crippen LogP contribution in [-0.2, 0) is 13.6 Å². The number of piperazine rings is 1. The Morgan fingerprint density at radius 1 is 1.39 bits per heavy atom. The maximum Gasteiger partial charge on any atom is 0.123 e. The lowest BCUT2D eigenvalue weighted by Crippen LogP contribution is -2.49. The number of nitrogens with one attached hydrogen (secondary N) is 1. The average molecular weight is 244 g/mol. The van der Waals surface area contributed by atoms with Gasteiger partial charge in [-0.1, -0.05) is 12.1 Å². The van der Waals surface area contributed by atoms with Crippen LogP contribution in [0.25, 0.3) is 11.0 Å². The van der Waals surface area contributed by atoms with Crippen LogP contribution in [0.1, 0.15) is 12.7 Å². The Morgan fingerprint density at radius 2 is 2.22 bits per heavy atom. The van der Waals surface area contributed by atoms with Gasteiger partial charge in [0.25, 0.3) is 0 Å². The quantitative estimate of drug-likeness (QED) is 0.866. The topological polar surface area (TPSA) is 33.1 Å². The molecule has 0 radical (unpaired) electrons. The van der Waals surface area contributed by atoms with Crippen LogP contribution in [-0.4, -0.2) is 40.1 Å². The average Bonchev–Trinajstić information content (AvgIpc) is 2.70. The smallest absolute Gasteiger partial charge is 0.123 e. The third kappa shape index (κ3) is 2.02. The zero-order valence-electron chi connectivity index (χ0n) is 11.1. The highest BCUT2D eigenvalue weighted by molar-refractivity contribution is 5.75. The highest BCUT2D eigenvalue weighted by Gasteiger charge is 2.20. The summed E-state index contributed by atoms with van der Waals surface area (Å²) in [7, 11) is 2.11. The van der Waals surface area contributed by atoms with Gasteiger partial charge in [-0.2, -0.15) is 0 Å². The van der Waals surface area contributed by atoms with E-state index in [1.807, 2.05) is 6.07 Å². The van der Waals surface area contributed by atoms with E-state index in [-0.39, 0.29) is 0 Å². The fourth-order valence-electron chi connectivity index (χ4n) is 2.64. The van der Waals surface area contributed by atoms with Crippen molar-refractivity contribution in [3.8, 4) is 0 Å². The number of hydrogen-bond donors (Lipinski definition) is 1. The first-order chi connectivity index (χ1) is 8.75. The first-order valence-electron chi connectivity index (χ1n) is 6.61. The molecule has 0 bridgehead atoms. The number of aryl methyl sites for hydroxylation is 1. The number of imidazole rings is 1. The third-order valence-corrected chi connectivity index (χ3v) is 3.86. The summed E-state index contributed by atoms with van der Waals surface area (Å²) in [4.78, 5) is 7.24. The molecule has 1 fully saturated rings. The lowest BCUT2D eigenvalue weighted by atomic mass is 10.2. The number of para-hydroxylation sites is 2.